The number of nitrogens with zero attached hydrogens (tertiary/aromatic N) is 8. The number of nitriles is 2. The van der Waals surface area contributed by atoms with Crippen LogP contribution in [-0.2, 0) is 0 Å². The van der Waals surface area contributed by atoms with Gasteiger partial charge in [0.05, 0.1) is 65.5 Å². The van der Waals surface area contributed by atoms with Gasteiger partial charge in [0.15, 0.2) is 22.9 Å². The maximum absolute atomic E-state index is 10.2. The van der Waals surface area contributed by atoms with Crippen molar-refractivity contribution < 1.29 is 0 Å². The summed E-state index contributed by atoms with van der Waals surface area (Å²) in [5.41, 5.74) is 13.1. The van der Waals surface area contributed by atoms with Crippen molar-refractivity contribution in [1.82, 2.24) is 14.5 Å². The maximum atomic E-state index is 10.2. The Labute approximate surface area is 374 Å². The predicted molar refractivity (Wildman–Crippen MR) is 257 cm³/mol. The van der Waals surface area contributed by atoms with Gasteiger partial charge in [-0.15, -0.1) is 0 Å². The Morgan fingerprint density at radius 3 is 1.60 bits per heavy atom. The van der Waals surface area contributed by atoms with Crippen LogP contribution in [0, 0.1) is 42.4 Å². The summed E-state index contributed by atoms with van der Waals surface area (Å²) in [5.74, 6) is 0.519. The van der Waals surface area contributed by atoms with Gasteiger partial charge in [0.25, 0.3) is 0 Å². The SMILES string of the molecule is [C-]#[N+]c1ccc(-c2cc(-c3nc(-c4ccccc4)cc(-c4ccccc4)n3)cc(-c3ccc(C#N)cc3)c2-n2c3ccccc3c3cc(-c4c(C#N)cc([N+]#[C-])cc4[N+]#[C-])ccc32)cc1. The van der Waals surface area contributed by atoms with Crippen molar-refractivity contribution in [1.29, 1.82) is 10.5 Å². The van der Waals surface area contributed by atoms with E-state index in [1.807, 2.05) is 146 Å². The standard InChI is InChI=1S/C57H30N8/c1-60-44-25-22-38(23-26-44)48-31-42(57-63-50(39-12-6-4-7-13-39)33-51(64-57)40-14-8-5-9-15-40)30-47(37-20-18-36(34-58)19-21-37)56(48)65-53-17-11-10-16-46(53)49-29-41(24-27-54(49)65)55-43(35-59)28-45(61-2)32-52(55)62-3/h4-33H. The molecule has 10 rings (SSSR count). The normalized spacial score (nSPS) is 10.7. The van der Waals surface area contributed by atoms with Crippen LogP contribution in [0.3, 0.4) is 0 Å². The van der Waals surface area contributed by atoms with E-state index in [2.05, 4.69) is 55.5 Å². The van der Waals surface area contributed by atoms with E-state index in [1.165, 1.54) is 12.1 Å². The molecule has 0 saturated carbocycles. The lowest BCUT2D eigenvalue weighted by molar-refractivity contribution is 1.17. The summed E-state index contributed by atoms with van der Waals surface area (Å²) in [6.45, 7) is 23.3. The molecule has 8 heteroatoms. The summed E-state index contributed by atoms with van der Waals surface area (Å²) in [4.78, 5) is 21.4. The van der Waals surface area contributed by atoms with Crippen molar-refractivity contribution in [2.24, 2.45) is 0 Å². The number of rotatable bonds is 7. The van der Waals surface area contributed by atoms with Crippen LogP contribution in [0.5, 0.6) is 0 Å². The first-order valence-corrected chi connectivity index (χ1v) is 20.5. The zero-order valence-electron chi connectivity index (χ0n) is 34.4. The number of hydrogen-bond acceptors (Lipinski definition) is 4. The average Bonchev–Trinajstić information content (AvgIpc) is 3.71. The first kappa shape index (κ1) is 39.2. The van der Waals surface area contributed by atoms with Gasteiger partial charge in [-0.05, 0) is 71.3 Å². The lowest BCUT2D eigenvalue weighted by Crippen LogP contribution is -2.03. The molecule has 0 spiro atoms. The molecule has 2 heterocycles. The largest absolute Gasteiger partial charge is 0.308 e. The molecule has 0 atom stereocenters. The van der Waals surface area contributed by atoms with E-state index in [0.717, 1.165) is 77.8 Å². The first-order chi connectivity index (χ1) is 32.0. The fourth-order valence-corrected chi connectivity index (χ4v) is 8.50. The Hall–Kier alpha value is -9.91. The minimum Gasteiger partial charge on any atom is -0.308 e. The third kappa shape index (κ3) is 7.07. The second-order valence-corrected chi connectivity index (χ2v) is 15.3. The van der Waals surface area contributed by atoms with Crippen LogP contribution in [0.4, 0.5) is 17.1 Å². The molecule has 0 unspecified atom stereocenters. The number of hydrogen-bond donors (Lipinski definition) is 0. The molecule has 0 aliphatic heterocycles. The summed E-state index contributed by atoms with van der Waals surface area (Å²) in [6.07, 6.45) is 0. The van der Waals surface area contributed by atoms with Gasteiger partial charge in [-0.2, -0.15) is 10.5 Å². The Morgan fingerprint density at radius 1 is 0.446 bits per heavy atom. The monoisotopic (exact) mass is 826 g/mol. The highest BCUT2D eigenvalue weighted by Crippen LogP contribution is 2.46. The van der Waals surface area contributed by atoms with Gasteiger partial charge >= 0.3 is 0 Å². The summed E-state index contributed by atoms with van der Waals surface area (Å²) < 4.78 is 2.24. The molecule has 0 amide bonds. The van der Waals surface area contributed by atoms with Crippen LogP contribution in [0.1, 0.15) is 11.1 Å². The third-order valence-corrected chi connectivity index (χ3v) is 11.5. The molecule has 0 fully saturated rings. The zero-order valence-corrected chi connectivity index (χ0v) is 34.4. The number of fused-ring (bicyclic) bond motifs is 3. The first-order valence-electron chi connectivity index (χ1n) is 20.5. The van der Waals surface area contributed by atoms with Crippen LogP contribution in [0.2, 0.25) is 0 Å². The van der Waals surface area contributed by atoms with Crippen molar-refractivity contribution in [2.75, 3.05) is 0 Å². The highest BCUT2D eigenvalue weighted by Gasteiger charge is 2.24. The van der Waals surface area contributed by atoms with Gasteiger partial charge in [0, 0.05) is 49.7 Å². The molecular weight excluding hydrogens is 797 g/mol. The topological polar surface area (TPSA) is 91.4 Å². The molecule has 0 aliphatic rings. The highest BCUT2D eigenvalue weighted by molar-refractivity contribution is 6.12. The quantitative estimate of drug-likeness (QED) is 0.150. The Bertz CT molecular complexity index is 3570. The molecule has 65 heavy (non-hydrogen) atoms. The fourth-order valence-electron chi connectivity index (χ4n) is 8.50. The van der Waals surface area contributed by atoms with Crippen LogP contribution in [0.15, 0.2) is 182 Å². The smallest absolute Gasteiger partial charge is 0.187 e. The Kier molecular flexibility index (Phi) is 9.97. The lowest BCUT2D eigenvalue weighted by Gasteiger charge is -2.21. The third-order valence-electron chi connectivity index (χ3n) is 11.5. The van der Waals surface area contributed by atoms with Crippen LogP contribution in [0.25, 0.3) is 109 Å². The molecule has 10 aromatic rings. The molecule has 0 bridgehead atoms. The van der Waals surface area contributed by atoms with E-state index in [1.54, 1.807) is 0 Å². The molecule has 0 radical (unpaired) electrons. The summed E-state index contributed by atoms with van der Waals surface area (Å²) >= 11 is 0. The van der Waals surface area contributed by atoms with E-state index in [0.29, 0.717) is 28.2 Å². The number of para-hydroxylation sites is 1. The Balaban J connectivity index is 1.31. The minimum absolute atomic E-state index is 0.232. The molecule has 0 saturated heterocycles. The van der Waals surface area contributed by atoms with Crippen molar-refractivity contribution in [3.8, 4) is 85.1 Å². The van der Waals surface area contributed by atoms with E-state index in [4.69, 9.17) is 29.7 Å². The molecule has 2 aromatic heterocycles. The van der Waals surface area contributed by atoms with E-state index < -0.39 is 0 Å². The van der Waals surface area contributed by atoms with Gasteiger partial charge in [0.2, 0.25) is 0 Å². The summed E-state index contributed by atoms with van der Waals surface area (Å²) in [5, 5.41) is 22.0. The van der Waals surface area contributed by atoms with Crippen molar-refractivity contribution in [2.45, 2.75) is 0 Å². The average molecular weight is 827 g/mol. The summed E-state index contributed by atoms with van der Waals surface area (Å²) in [6, 6.07) is 63.1. The van der Waals surface area contributed by atoms with E-state index in [9.17, 15) is 10.5 Å². The van der Waals surface area contributed by atoms with Crippen LogP contribution >= 0.6 is 0 Å². The number of benzene rings is 8. The van der Waals surface area contributed by atoms with E-state index in [-0.39, 0.29) is 16.9 Å². The van der Waals surface area contributed by atoms with Crippen molar-refractivity contribution in [3.63, 3.8) is 0 Å². The highest BCUT2D eigenvalue weighted by atomic mass is 15.0. The minimum atomic E-state index is 0.232. The summed E-state index contributed by atoms with van der Waals surface area (Å²) in [7, 11) is 0. The van der Waals surface area contributed by atoms with Crippen molar-refractivity contribution >= 4 is 38.9 Å². The lowest BCUT2D eigenvalue weighted by atomic mass is 9.92. The van der Waals surface area contributed by atoms with Gasteiger partial charge in [-0.25, -0.2) is 24.5 Å². The van der Waals surface area contributed by atoms with Crippen LogP contribution < -0.4 is 0 Å². The molecule has 8 nitrogen and oxygen atoms in total. The van der Waals surface area contributed by atoms with Gasteiger partial charge in [-0.1, -0.05) is 127 Å². The van der Waals surface area contributed by atoms with E-state index >= 15 is 0 Å². The molecule has 8 aromatic carbocycles. The predicted octanol–water partition coefficient (Wildman–Crippen LogP) is 15.0. The van der Waals surface area contributed by atoms with Crippen LogP contribution in [-0.4, -0.2) is 14.5 Å². The van der Waals surface area contributed by atoms with Gasteiger partial charge in [0.1, 0.15) is 0 Å². The molecule has 0 N–H and O–H groups in total. The molecule has 0 aliphatic carbocycles. The zero-order chi connectivity index (χ0) is 44.4. The maximum Gasteiger partial charge on any atom is 0.187 e. The Morgan fingerprint density at radius 2 is 1.02 bits per heavy atom. The van der Waals surface area contributed by atoms with Gasteiger partial charge in [-0.3, -0.25) is 0 Å². The second kappa shape index (κ2) is 16.5. The van der Waals surface area contributed by atoms with Gasteiger partial charge < -0.3 is 4.57 Å². The second-order valence-electron chi connectivity index (χ2n) is 15.3. The molecular formula is C57H30N8. The number of aromatic nitrogens is 3. The fraction of sp³-hybridized carbons (Fsp3) is 0. The van der Waals surface area contributed by atoms with Crippen molar-refractivity contribution in [3.05, 3.63) is 227 Å². The molecule has 298 valence electrons.